The van der Waals surface area contributed by atoms with Crippen molar-refractivity contribution in [2.75, 3.05) is 13.1 Å². The molecule has 0 saturated carbocycles. The van der Waals surface area contributed by atoms with Crippen LogP contribution < -0.4 is 9.46 Å². The molecule has 3 rings (SSSR count). The van der Waals surface area contributed by atoms with Crippen molar-refractivity contribution in [1.29, 1.82) is 0 Å². The van der Waals surface area contributed by atoms with Gasteiger partial charge in [0.15, 0.2) is 6.10 Å². The number of benzene rings is 2. The van der Waals surface area contributed by atoms with Gasteiger partial charge in [-0.25, -0.2) is 17.5 Å². The summed E-state index contributed by atoms with van der Waals surface area (Å²) in [6.07, 6.45) is 0.366. The maximum absolute atomic E-state index is 13.1. The first kappa shape index (κ1) is 24.2. The van der Waals surface area contributed by atoms with Crippen LogP contribution in [0.25, 0.3) is 0 Å². The molecule has 1 aliphatic heterocycles. The summed E-state index contributed by atoms with van der Waals surface area (Å²) in [6, 6.07) is 10.5. The van der Waals surface area contributed by atoms with Crippen LogP contribution in [0.4, 0.5) is 4.39 Å². The number of hydrogen-bond donors (Lipinski definition) is 1. The molecule has 0 aliphatic carbocycles. The smallest absolute Gasteiger partial charge is 0.263 e. The highest BCUT2D eigenvalue weighted by Gasteiger charge is 2.29. The predicted molar refractivity (Wildman–Crippen MR) is 122 cm³/mol. The summed E-state index contributed by atoms with van der Waals surface area (Å²) in [6.45, 7) is 8.79. The number of likely N-dealkylation sites (tertiary alicyclic amines) is 1. The van der Waals surface area contributed by atoms with Gasteiger partial charge in [-0.15, -0.1) is 0 Å². The number of carbonyl (C=O) groups is 1. The highest BCUT2D eigenvalue weighted by atomic mass is 32.2. The molecule has 1 saturated heterocycles. The number of hydrogen-bond acceptors (Lipinski definition) is 4. The van der Waals surface area contributed by atoms with E-state index in [9.17, 15) is 17.6 Å². The van der Waals surface area contributed by atoms with Crippen molar-refractivity contribution in [3.05, 3.63) is 59.4 Å². The third-order valence-electron chi connectivity index (χ3n) is 5.78. The van der Waals surface area contributed by atoms with Gasteiger partial charge in [0.1, 0.15) is 11.6 Å². The van der Waals surface area contributed by atoms with Crippen molar-refractivity contribution in [3.63, 3.8) is 0 Å². The SMILES string of the molecule is Cc1ccc(C(C)C)cc1OC(C)C(=O)N1CCC(NS(=O)(=O)c2ccc(F)cc2)CC1. The van der Waals surface area contributed by atoms with Crippen molar-refractivity contribution in [2.45, 2.75) is 63.5 Å². The molecule has 1 fully saturated rings. The van der Waals surface area contributed by atoms with Crippen molar-refractivity contribution >= 4 is 15.9 Å². The van der Waals surface area contributed by atoms with E-state index < -0.39 is 21.9 Å². The van der Waals surface area contributed by atoms with Gasteiger partial charge in [0.25, 0.3) is 5.91 Å². The average Bonchev–Trinajstić information content (AvgIpc) is 2.75. The number of carbonyl (C=O) groups excluding carboxylic acids is 1. The Bertz CT molecular complexity index is 1050. The van der Waals surface area contributed by atoms with Crippen LogP contribution in [0.2, 0.25) is 0 Å². The molecule has 1 heterocycles. The number of amides is 1. The summed E-state index contributed by atoms with van der Waals surface area (Å²) in [7, 11) is -3.73. The van der Waals surface area contributed by atoms with Crippen molar-refractivity contribution in [1.82, 2.24) is 9.62 Å². The summed E-state index contributed by atoms with van der Waals surface area (Å²) in [5, 5.41) is 0. The van der Waals surface area contributed by atoms with Gasteiger partial charge in [0.05, 0.1) is 4.90 Å². The van der Waals surface area contributed by atoms with E-state index in [0.717, 1.165) is 23.3 Å². The number of nitrogens with zero attached hydrogens (tertiary/aromatic N) is 1. The first-order valence-electron chi connectivity index (χ1n) is 10.9. The Morgan fingerprint density at radius 3 is 2.31 bits per heavy atom. The second kappa shape index (κ2) is 10.0. The highest BCUT2D eigenvalue weighted by Crippen LogP contribution is 2.26. The van der Waals surface area contributed by atoms with E-state index in [4.69, 9.17) is 4.74 Å². The zero-order chi connectivity index (χ0) is 23.5. The zero-order valence-electron chi connectivity index (χ0n) is 19.0. The molecule has 6 nitrogen and oxygen atoms in total. The van der Waals surface area contributed by atoms with E-state index in [1.54, 1.807) is 11.8 Å². The molecule has 1 unspecified atom stereocenters. The first-order valence-corrected chi connectivity index (χ1v) is 12.4. The quantitative estimate of drug-likeness (QED) is 0.675. The molecule has 2 aromatic carbocycles. The number of rotatable bonds is 7. The summed E-state index contributed by atoms with van der Waals surface area (Å²) in [5.41, 5.74) is 2.13. The molecule has 1 amide bonds. The van der Waals surface area contributed by atoms with Crippen LogP contribution in [0.3, 0.4) is 0 Å². The number of nitrogens with one attached hydrogen (secondary N) is 1. The van der Waals surface area contributed by atoms with Gasteiger partial charge in [-0.3, -0.25) is 4.79 Å². The third kappa shape index (κ3) is 5.86. The minimum absolute atomic E-state index is 0.0263. The monoisotopic (exact) mass is 462 g/mol. The molecule has 0 radical (unpaired) electrons. The van der Waals surface area contributed by atoms with Crippen molar-refractivity contribution in [2.24, 2.45) is 0 Å². The van der Waals surface area contributed by atoms with Crippen LogP contribution in [0.5, 0.6) is 5.75 Å². The van der Waals surface area contributed by atoms with E-state index in [1.807, 2.05) is 19.1 Å². The van der Waals surface area contributed by atoms with Crippen LogP contribution in [-0.4, -0.2) is 44.5 Å². The number of ether oxygens (including phenoxy) is 1. The summed E-state index contributed by atoms with van der Waals surface area (Å²) < 4.78 is 46.7. The molecule has 0 bridgehead atoms. The van der Waals surface area contributed by atoms with E-state index in [-0.39, 0.29) is 16.8 Å². The maximum atomic E-state index is 13.1. The highest BCUT2D eigenvalue weighted by molar-refractivity contribution is 7.89. The Kier molecular flexibility index (Phi) is 7.56. The van der Waals surface area contributed by atoms with Crippen LogP contribution in [0, 0.1) is 12.7 Å². The van der Waals surface area contributed by atoms with E-state index in [1.165, 1.54) is 12.1 Å². The lowest BCUT2D eigenvalue weighted by atomic mass is 10.0. The molecule has 1 atom stereocenters. The van der Waals surface area contributed by atoms with E-state index >= 15 is 0 Å². The van der Waals surface area contributed by atoms with E-state index in [0.29, 0.717) is 37.6 Å². The largest absolute Gasteiger partial charge is 0.481 e. The maximum Gasteiger partial charge on any atom is 0.263 e. The van der Waals surface area contributed by atoms with Crippen LogP contribution in [-0.2, 0) is 14.8 Å². The fourth-order valence-electron chi connectivity index (χ4n) is 3.72. The van der Waals surface area contributed by atoms with Crippen LogP contribution in [0.15, 0.2) is 47.4 Å². The van der Waals surface area contributed by atoms with E-state index in [2.05, 4.69) is 24.6 Å². The van der Waals surface area contributed by atoms with Gasteiger partial charge < -0.3 is 9.64 Å². The minimum Gasteiger partial charge on any atom is -0.481 e. The topological polar surface area (TPSA) is 75.7 Å². The van der Waals surface area contributed by atoms with Gasteiger partial charge >= 0.3 is 0 Å². The van der Waals surface area contributed by atoms with Crippen LogP contribution >= 0.6 is 0 Å². The molecule has 0 spiro atoms. The lowest BCUT2D eigenvalue weighted by molar-refractivity contribution is -0.139. The fourth-order valence-corrected chi connectivity index (χ4v) is 5.02. The number of halogens is 1. The molecule has 1 aliphatic rings. The molecule has 174 valence electrons. The molecule has 1 N–H and O–H groups in total. The molecule has 2 aromatic rings. The second-order valence-corrected chi connectivity index (χ2v) is 10.3. The first-order chi connectivity index (χ1) is 15.1. The number of piperidine rings is 1. The number of aryl methyl sites for hydroxylation is 1. The van der Waals surface area contributed by atoms with Crippen LogP contribution in [0.1, 0.15) is 50.7 Å². The normalized spacial score (nSPS) is 16.2. The molecule has 0 aromatic heterocycles. The Morgan fingerprint density at radius 2 is 1.72 bits per heavy atom. The summed E-state index contributed by atoms with van der Waals surface area (Å²) in [4.78, 5) is 14.6. The predicted octanol–water partition coefficient (Wildman–Crippen LogP) is 3.99. The summed E-state index contributed by atoms with van der Waals surface area (Å²) >= 11 is 0. The third-order valence-corrected chi connectivity index (χ3v) is 7.32. The Hall–Kier alpha value is -2.45. The van der Waals surface area contributed by atoms with Gasteiger partial charge in [-0.2, -0.15) is 0 Å². The molecular weight excluding hydrogens is 431 g/mol. The average molecular weight is 463 g/mol. The Balaban J connectivity index is 1.56. The lowest BCUT2D eigenvalue weighted by Crippen LogP contribution is -2.49. The Morgan fingerprint density at radius 1 is 1.09 bits per heavy atom. The van der Waals surface area contributed by atoms with Gasteiger partial charge in [-0.05, 0) is 74.1 Å². The molecular formula is C24H31FN2O4S. The fraction of sp³-hybridized carbons (Fsp3) is 0.458. The molecule has 8 heteroatoms. The van der Waals surface area contributed by atoms with Gasteiger partial charge in [-0.1, -0.05) is 26.0 Å². The Labute approximate surface area is 189 Å². The number of sulfonamides is 1. The zero-order valence-corrected chi connectivity index (χ0v) is 19.8. The van der Waals surface area contributed by atoms with Gasteiger partial charge in [0, 0.05) is 19.1 Å². The minimum atomic E-state index is -3.73. The molecule has 32 heavy (non-hydrogen) atoms. The van der Waals surface area contributed by atoms with Gasteiger partial charge in [0.2, 0.25) is 10.0 Å². The standard InChI is InChI=1S/C24H31FN2O4S/c1-16(2)19-6-5-17(3)23(15-19)31-18(4)24(28)27-13-11-21(12-14-27)26-32(29,30)22-9-7-20(25)8-10-22/h5-10,15-16,18,21,26H,11-14H2,1-4H3. The second-order valence-electron chi connectivity index (χ2n) is 8.61. The van der Waals surface area contributed by atoms with Crippen molar-refractivity contribution < 1.29 is 22.3 Å². The van der Waals surface area contributed by atoms with Crippen molar-refractivity contribution in [3.8, 4) is 5.75 Å². The summed E-state index contributed by atoms with van der Waals surface area (Å²) in [5.74, 6) is 0.470. The lowest BCUT2D eigenvalue weighted by Gasteiger charge is -2.33.